The lowest BCUT2D eigenvalue weighted by Gasteiger charge is -2.16. The standard InChI is InChI=1S/C12H17NO3/c1-13(12(15)9-14)8-7-10-5-3-4-6-11(10)16-2/h3-6,14H,7-9H2,1-2H3. The minimum absolute atomic E-state index is 0.269. The monoisotopic (exact) mass is 223 g/mol. The number of rotatable bonds is 5. The van der Waals surface area contributed by atoms with Crippen molar-refractivity contribution in [2.45, 2.75) is 6.42 Å². The fourth-order valence-corrected chi connectivity index (χ4v) is 1.44. The van der Waals surface area contributed by atoms with Crippen molar-refractivity contribution in [3.63, 3.8) is 0 Å². The number of aliphatic hydroxyl groups excluding tert-OH is 1. The van der Waals surface area contributed by atoms with Crippen LogP contribution in [0.25, 0.3) is 0 Å². The summed E-state index contributed by atoms with van der Waals surface area (Å²) in [5, 5.41) is 8.69. The van der Waals surface area contributed by atoms with Crippen LogP contribution in [-0.2, 0) is 11.2 Å². The molecule has 4 nitrogen and oxygen atoms in total. The van der Waals surface area contributed by atoms with Crippen LogP contribution in [0, 0.1) is 0 Å². The molecule has 0 aliphatic carbocycles. The van der Waals surface area contributed by atoms with Gasteiger partial charge in [0.25, 0.3) is 0 Å². The largest absolute Gasteiger partial charge is 0.496 e. The van der Waals surface area contributed by atoms with E-state index in [4.69, 9.17) is 9.84 Å². The van der Waals surface area contributed by atoms with E-state index in [1.54, 1.807) is 14.2 Å². The number of aliphatic hydroxyl groups is 1. The van der Waals surface area contributed by atoms with Crippen LogP contribution in [0.15, 0.2) is 24.3 Å². The minimum Gasteiger partial charge on any atom is -0.496 e. The third kappa shape index (κ3) is 3.24. The smallest absolute Gasteiger partial charge is 0.248 e. The molecule has 0 atom stereocenters. The van der Waals surface area contributed by atoms with Gasteiger partial charge in [-0.1, -0.05) is 18.2 Å². The molecule has 1 N–H and O–H groups in total. The van der Waals surface area contributed by atoms with Crippen molar-refractivity contribution in [2.24, 2.45) is 0 Å². The molecule has 88 valence electrons. The maximum Gasteiger partial charge on any atom is 0.248 e. The fraction of sp³-hybridized carbons (Fsp3) is 0.417. The van der Waals surface area contributed by atoms with Crippen LogP contribution < -0.4 is 4.74 Å². The van der Waals surface area contributed by atoms with Gasteiger partial charge in [-0.05, 0) is 18.1 Å². The van der Waals surface area contributed by atoms with Crippen LogP contribution in [0.3, 0.4) is 0 Å². The van der Waals surface area contributed by atoms with Gasteiger partial charge in [0.1, 0.15) is 12.4 Å². The summed E-state index contributed by atoms with van der Waals surface area (Å²) in [6.07, 6.45) is 0.715. The van der Waals surface area contributed by atoms with E-state index >= 15 is 0 Å². The first-order valence-electron chi connectivity index (χ1n) is 5.15. The van der Waals surface area contributed by atoms with Gasteiger partial charge in [0, 0.05) is 13.6 Å². The number of nitrogens with zero attached hydrogens (tertiary/aromatic N) is 1. The first-order chi connectivity index (χ1) is 7.69. The maximum atomic E-state index is 11.1. The molecule has 0 aliphatic rings. The molecular weight excluding hydrogens is 206 g/mol. The first-order valence-corrected chi connectivity index (χ1v) is 5.15. The summed E-state index contributed by atoms with van der Waals surface area (Å²) in [5.41, 5.74) is 1.06. The average Bonchev–Trinajstić information content (AvgIpc) is 2.35. The summed E-state index contributed by atoms with van der Waals surface area (Å²) in [4.78, 5) is 12.6. The summed E-state index contributed by atoms with van der Waals surface area (Å²) in [7, 11) is 3.30. The Bertz CT molecular complexity index is 352. The number of carbonyl (C=O) groups excluding carboxylic acids is 1. The zero-order valence-corrected chi connectivity index (χ0v) is 9.64. The van der Waals surface area contributed by atoms with Crippen molar-refractivity contribution in [1.29, 1.82) is 0 Å². The van der Waals surface area contributed by atoms with E-state index in [0.29, 0.717) is 13.0 Å². The van der Waals surface area contributed by atoms with E-state index in [9.17, 15) is 4.79 Å². The Labute approximate surface area is 95.5 Å². The molecule has 0 spiro atoms. The number of amides is 1. The summed E-state index contributed by atoms with van der Waals surface area (Å²) in [6, 6.07) is 7.70. The molecule has 0 radical (unpaired) electrons. The van der Waals surface area contributed by atoms with Crippen LogP contribution in [0.4, 0.5) is 0 Å². The average molecular weight is 223 g/mol. The van der Waals surface area contributed by atoms with Crippen molar-refractivity contribution >= 4 is 5.91 Å². The van der Waals surface area contributed by atoms with E-state index in [2.05, 4.69) is 0 Å². The number of hydrogen-bond acceptors (Lipinski definition) is 3. The highest BCUT2D eigenvalue weighted by atomic mass is 16.5. The molecule has 0 aliphatic heterocycles. The van der Waals surface area contributed by atoms with Crippen molar-refractivity contribution < 1.29 is 14.6 Å². The van der Waals surface area contributed by atoms with Gasteiger partial charge in [0.2, 0.25) is 5.91 Å². The van der Waals surface area contributed by atoms with Crippen molar-refractivity contribution in [1.82, 2.24) is 4.90 Å². The molecule has 1 aromatic rings. The van der Waals surface area contributed by atoms with Crippen LogP contribution in [0.2, 0.25) is 0 Å². The molecule has 0 saturated heterocycles. The summed E-state index contributed by atoms with van der Waals surface area (Å²) < 4.78 is 5.21. The predicted octanol–water partition coefficient (Wildman–Crippen LogP) is 0.688. The second-order valence-corrected chi connectivity index (χ2v) is 3.54. The number of ether oxygens (including phenoxy) is 1. The van der Waals surface area contributed by atoms with E-state index in [1.807, 2.05) is 24.3 Å². The van der Waals surface area contributed by atoms with Crippen LogP contribution in [-0.4, -0.2) is 43.2 Å². The summed E-state index contributed by atoms with van der Waals surface area (Å²) >= 11 is 0. The van der Waals surface area contributed by atoms with Gasteiger partial charge in [-0.15, -0.1) is 0 Å². The second-order valence-electron chi connectivity index (χ2n) is 3.54. The molecule has 0 unspecified atom stereocenters. The molecular formula is C12H17NO3. The van der Waals surface area contributed by atoms with E-state index in [-0.39, 0.29) is 5.91 Å². The zero-order chi connectivity index (χ0) is 12.0. The molecule has 4 heteroatoms. The lowest BCUT2D eigenvalue weighted by Crippen LogP contribution is -2.31. The quantitative estimate of drug-likeness (QED) is 0.799. The Morgan fingerprint density at radius 1 is 1.44 bits per heavy atom. The lowest BCUT2D eigenvalue weighted by atomic mass is 10.1. The summed E-state index contributed by atoms with van der Waals surface area (Å²) in [6.45, 7) is 0.127. The van der Waals surface area contributed by atoms with Crippen LogP contribution in [0.1, 0.15) is 5.56 Å². The molecule has 0 heterocycles. The van der Waals surface area contributed by atoms with Crippen molar-refractivity contribution in [3.05, 3.63) is 29.8 Å². The highest BCUT2D eigenvalue weighted by Crippen LogP contribution is 2.17. The molecule has 0 aromatic heterocycles. The van der Waals surface area contributed by atoms with Crippen molar-refractivity contribution in [2.75, 3.05) is 27.3 Å². The van der Waals surface area contributed by atoms with Gasteiger partial charge in [-0.25, -0.2) is 0 Å². The Kier molecular flexibility index (Phi) is 4.79. The number of hydrogen-bond donors (Lipinski definition) is 1. The molecule has 16 heavy (non-hydrogen) atoms. The lowest BCUT2D eigenvalue weighted by molar-refractivity contribution is -0.132. The van der Waals surface area contributed by atoms with Gasteiger partial charge >= 0.3 is 0 Å². The topological polar surface area (TPSA) is 49.8 Å². The number of methoxy groups -OCH3 is 1. The minimum atomic E-state index is -0.442. The molecule has 0 bridgehead atoms. The third-order valence-corrected chi connectivity index (χ3v) is 2.47. The van der Waals surface area contributed by atoms with Crippen LogP contribution in [0.5, 0.6) is 5.75 Å². The Morgan fingerprint density at radius 3 is 2.75 bits per heavy atom. The third-order valence-electron chi connectivity index (χ3n) is 2.47. The number of carbonyl (C=O) groups is 1. The van der Waals surface area contributed by atoms with Crippen molar-refractivity contribution in [3.8, 4) is 5.75 Å². The molecule has 1 aromatic carbocycles. The molecule has 1 rings (SSSR count). The van der Waals surface area contributed by atoms with Crippen LogP contribution >= 0.6 is 0 Å². The number of para-hydroxylation sites is 1. The Hall–Kier alpha value is -1.55. The second kappa shape index (κ2) is 6.12. The molecule has 0 saturated carbocycles. The van der Waals surface area contributed by atoms with Gasteiger partial charge in [-0.3, -0.25) is 4.79 Å². The SMILES string of the molecule is COc1ccccc1CCN(C)C(=O)CO. The predicted molar refractivity (Wildman–Crippen MR) is 61.4 cm³/mol. The molecule has 1 amide bonds. The fourth-order valence-electron chi connectivity index (χ4n) is 1.44. The normalized spacial score (nSPS) is 9.94. The number of benzene rings is 1. The van der Waals surface area contributed by atoms with E-state index < -0.39 is 6.61 Å². The highest BCUT2D eigenvalue weighted by Gasteiger charge is 2.08. The van der Waals surface area contributed by atoms with E-state index in [1.165, 1.54) is 4.90 Å². The zero-order valence-electron chi connectivity index (χ0n) is 9.64. The number of likely N-dealkylation sites (N-methyl/N-ethyl adjacent to an activating group) is 1. The van der Waals surface area contributed by atoms with Gasteiger partial charge < -0.3 is 14.7 Å². The highest BCUT2D eigenvalue weighted by molar-refractivity contribution is 5.76. The first kappa shape index (κ1) is 12.5. The van der Waals surface area contributed by atoms with Gasteiger partial charge in [-0.2, -0.15) is 0 Å². The van der Waals surface area contributed by atoms with E-state index in [0.717, 1.165) is 11.3 Å². The Balaban J connectivity index is 2.57. The maximum absolute atomic E-state index is 11.1. The summed E-state index contributed by atoms with van der Waals surface area (Å²) in [5.74, 6) is 0.558. The Morgan fingerprint density at radius 2 is 2.12 bits per heavy atom. The molecule has 0 fully saturated rings. The van der Waals surface area contributed by atoms with Gasteiger partial charge in [0.15, 0.2) is 0 Å². The van der Waals surface area contributed by atoms with Gasteiger partial charge in [0.05, 0.1) is 7.11 Å².